The number of carbonyl (C=O) groups is 1. The molecule has 21 heteroatoms. The van der Waals surface area contributed by atoms with Gasteiger partial charge in [0.05, 0.1) is 19.8 Å². The molecule has 4 saturated heterocycles. The lowest BCUT2D eigenvalue weighted by Gasteiger charge is -2.48. The molecule has 4 aliphatic heterocycles. The molecule has 4 heterocycles. The number of aliphatic hydroxyl groups is 11. The van der Waals surface area contributed by atoms with Gasteiger partial charge in [0.1, 0.15) is 85.5 Å². The molecule has 0 radical (unpaired) electrons. The molecule has 0 bridgehead atoms. The number of ether oxygens (including phenoxy) is 8. The Morgan fingerprint density at radius 3 is 1.53 bits per heavy atom. The number of carboxylic acid groups (broad SMARTS) is 1. The minimum Gasteiger partial charge on any atom is -0.479 e. The zero-order valence-corrected chi connectivity index (χ0v) is 23.6. The predicted octanol–water partition coefficient (Wildman–Crippen LogP) is -8.36. The van der Waals surface area contributed by atoms with Crippen molar-refractivity contribution in [3.8, 4) is 0 Å². The van der Waals surface area contributed by atoms with E-state index in [1.165, 1.54) is 7.11 Å². The van der Waals surface area contributed by atoms with Gasteiger partial charge in [-0.3, -0.25) is 0 Å². The molecule has 0 aliphatic carbocycles. The van der Waals surface area contributed by atoms with Gasteiger partial charge in [-0.25, -0.2) is 4.79 Å². The van der Waals surface area contributed by atoms with Crippen molar-refractivity contribution in [2.24, 2.45) is 0 Å². The van der Waals surface area contributed by atoms with E-state index in [4.69, 9.17) is 37.9 Å². The van der Waals surface area contributed by atoms with Crippen molar-refractivity contribution in [1.82, 2.24) is 0 Å². The highest BCUT2D eigenvalue weighted by atomic mass is 16.8. The molecular formula is C24H40O21. The fraction of sp³-hybridized carbons (Fsp3) is 0.958. The van der Waals surface area contributed by atoms with Gasteiger partial charge in [-0.2, -0.15) is 0 Å². The van der Waals surface area contributed by atoms with Gasteiger partial charge in [0.2, 0.25) is 0 Å². The van der Waals surface area contributed by atoms with Crippen LogP contribution in [0.15, 0.2) is 0 Å². The lowest BCUT2D eigenvalue weighted by molar-refractivity contribution is -0.385. The van der Waals surface area contributed by atoms with Crippen molar-refractivity contribution in [2.45, 2.75) is 117 Å². The molecule has 0 aromatic rings. The maximum atomic E-state index is 11.5. The predicted molar refractivity (Wildman–Crippen MR) is 133 cm³/mol. The van der Waals surface area contributed by atoms with Crippen LogP contribution in [-0.4, -0.2) is 211 Å². The number of aliphatic carboxylic acids is 1. The zero-order chi connectivity index (χ0) is 33.3. The Morgan fingerprint density at radius 2 is 1.07 bits per heavy atom. The Balaban J connectivity index is 1.51. The van der Waals surface area contributed by atoms with Gasteiger partial charge in [0.25, 0.3) is 0 Å². The van der Waals surface area contributed by atoms with E-state index in [1.807, 2.05) is 0 Å². The van der Waals surface area contributed by atoms with Gasteiger partial charge in [-0.15, -0.1) is 0 Å². The van der Waals surface area contributed by atoms with Crippen LogP contribution in [0.1, 0.15) is 0 Å². The molecule has 262 valence electrons. The summed E-state index contributed by atoms with van der Waals surface area (Å²) in [6.45, 7) is -2.11. The molecule has 4 aliphatic rings. The first-order valence-electron chi connectivity index (χ1n) is 13.9. The van der Waals surface area contributed by atoms with Crippen LogP contribution < -0.4 is 0 Å². The molecule has 4 rings (SSSR count). The minimum absolute atomic E-state index is 0.343. The highest BCUT2D eigenvalue weighted by molar-refractivity contribution is 5.73. The maximum Gasteiger partial charge on any atom is 0.335 e. The molecule has 0 amide bonds. The summed E-state index contributed by atoms with van der Waals surface area (Å²) in [5, 5.41) is 123. The first kappa shape index (κ1) is 36.5. The van der Waals surface area contributed by atoms with Gasteiger partial charge >= 0.3 is 5.97 Å². The average Bonchev–Trinajstić information content (AvgIpc) is 3.01. The van der Waals surface area contributed by atoms with E-state index in [0.717, 1.165) is 0 Å². The summed E-state index contributed by atoms with van der Waals surface area (Å²) in [7, 11) is 1.23. The van der Waals surface area contributed by atoms with Gasteiger partial charge in [0.15, 0.2) is 31.3 Å². The molecule has 0 spiro atoms. The summed E-state index contributed by atoms with van der Waals surface area (Å²) in [6, 6.07) is 0. The average molecular weight is 665 g/mol. The van der Waals surface area contributed by atoms with Crippen LogP contribution in [0, 0.1) is 0 Å². The van der Waals surface area contributed by atoms with Crippen LogP contribution in [0.5, 0.6) is 0 Å². The molecule has 45 heavy (non-hydrogen) atoms. The molecule has 12 N–H and O–H groups in total. The van der Waals surface area contributed by atoms with Crippen molar-refractivity contribution >= 4 is 5.97 Å². The van der Waals surface area contributed by atoms with Gasteiger partial charge in [-0.05, 0) is 0 Å². The number of methoxy groups -OCH3 is 1. The highest BCUT2D eigenvalue weighted by Crippen LogP contribution is 2.33. The fourth-order valence-electron chi connectivity index (χ4n) is 5.39. The third-order valence-corrected chi connectivity index (χ3v) is 8.01. The van der Waals surface area contributed by atoms with Crippen LogP contribution in [-0.2, 0) is 42.7 Å². The topological polar surface area (TPSA) is 334 Å². The van der Waals surface area contributed by atoms with Crippen molar-refractivity contribution in [2.75, 3.05) is 26.9 Å². The van der Waals surface area contributed by atoms with Crippen LogP contribution in [0.4, 0.5) is 0 Å². The summed E-state index contributed by atoms with van der Waals surface area (Å²) >= 11 is 0. The Kier molecular flexibility index (Phi) is 12.4. The number of hydrogen-bond donors (Lipinski definition) is 12. The number of aliphatic hydroxyl groups excluding tert-OH is 11. The number of rotatable bonds is 10. The van der Waals surface area contributed by atoms with E-state index >= 15 is 0 Å². The van der Waals surface area contributed by atoms with E-state index in [9.17, 15) is 66.1 Å². The van der Waals surface area contributed by atoms with Crippen molar-refractivity contribution < 1.29 is 104 Å². The van der Waals surface area contributed by atoms with Crippen LogP contribution >= 0.6 is 0 Å². The van der Waals surface area contributed by atoms with Crippen molar-refractivity contribution in [3.05, 3.63) is 0 Å². The second-order valence-corrected chi connectivity index (χ2v) is 10.9. The normalized spacial score (nSPS) is 51.2. The van der Waals surface area contributed by atoms with Crippen LogP contribution in [0.3, 0.4) is 0 Å². The van der Waals surface area contributed by atoms with Crippen LogP contribution in [0.2, 0.25) is 0 Å². The first-order chi connectivity index (χ1) is 21.2. The Bertz CT molecular complexity index is 960. The third kappa shape index (κ3) is 7.41. The summed E-state index contributed by atoms with van der Waals surface area (Å²) < 4.78 is 42.6. The Morgan fingerprint density at radius 1 is 0.600 bits per heavy atom. The first-order valence-corrected chi connectivity index (χ1v) is 13.9. The molecule has 0 aromatic carbocycles. The van der Waals surface area contributed by atoms with Crippen molar-refractivity contribution in [1.29, 1.82) is 0 Å². The van der Waals surface area contributed by atoms with E-state index in [0.29, 0.717) is 0 Å². The summed E-state index contributed by atoms with van der Waals surface area (Å²) in [5.74, 6) is -1.73. The zero-order valence-electron chi connectivity index (χ0n) is 23.6. The molecule has 19 atom stereocenters. The van der Waals surface area contributed by atoms with E-state index in [1.54, 1.807) is 0 Å². The quantitative estimate of drug-likeness (QED) is 0.103. The molecule has 0 saturated carbocycles. The van der Waals surface area contributed by atoms with Crippen molar-refractivity contribution in [3.63, 3.8) is 0 Å². The second kappa shape index (κ2) is 15.3. The SMILES string of the molecule is CO[C@@H]1OC[C@@H](O[C@@H]2O[C@H](CO)[C@H](O)[C@H](O[C@@H]3O[C@H](CO)[C@H](O)[C@H](O[C@@H]4O[C@H](C(=O)O)[C@@H](O)[C@H](O)[C@H]4O)[C@H]3O)[C@H]2O)[C@H](O)[C@H]1O. The maximum absolute atomic E-state index is 11.5. The lowest BCUT2D eigenvalue weighted by Crippen LogP contribution is -2.67. The van der Waals surface area contributed by atoms with Crippen LogP contribution in [0.25, 0.3) is 0 Å². The molecule has 0 aromatic heterocycles. The summed E-state index contributed by atoms with van der Waals surface area (Å²) in [4.78, 5) is 11.5. The van der Waals surface area contributed by atoms with E-state index in [-0.39, 0.29) is 6.61 Å². The van der Waals surface area contributed by atoms with E-state index < -0.39 is 136 Å². The van der Waals surface area contributed by atoms with Gasteiger partial charge in [-0.1, -0.05) is 0 Å². The monoisotopic (exact) mass is 664 g/mol. The summed E-state index contributed by atoms with van der Waals surface area (Å²) in [5.41, 5.74) is 0. The lowest BCUT2D eigenvalue weighted by atomic mass is 9.96. The molecular weight excluding hydrogens is 624 g/mol. The summed E-state index contributed by atoms with van der Waals surface area (Å²) in [6.07, 6.45) is -34.3. The van der Waals surface area contributed by atoms with E-state index in [2.05, 4.69) is 0 Å². The molecule has 0 unspecified atom stereocenters. The van der Waals surface area contributed by atoms with Gasteiger partial charge < -0.3 is 99.2 Å². The third-order valence-electron chi connectivity index (χ3n) is 8.01. The Labute approximate surface area is 254 Å². The Hall–Kier alpha value is -1.29. The highest BCUT2D eigenvalue weighted by Gasteiger charge is 2.55. The molecule has 21 nitrogen and oxygen atoms in total. The van der Waals surface area contributed by atoms with Gasteiger partial charge in [0, 0.05) is 7.11 Å². The fourth-order valence-corrected chi connectivity index (χ4v) is 5.39. The molecule has 4 fully saturated rings. The second-order valence-electron chi connectivity index (χ2n) is 10.9. The largest absolute Gasteiger partial charge is 0.479 e. The minimum atomic E-state index is -2.09. The standard InChI is InChI=1S/C24H40O21/c1-38-21-13(32)8(27)7(4-39-21)42-23-15(34)17(9(28)5(2-25)40-23)44-24-16(35)18(10(29)6(3-26)41-24)43-22-14(33)11(30)12(31)19(45-22)20(36)37/h5-19,21-35H,2-4H2,1H3,(H,36,37)/t5-,6-,7-,8+,9+,10+,11+,12+,13-,14-,15-,16-,17+,18+,19+,21-,22-,23+,24+/m1/s1. The number of carboxylic acids is 1. The number of hydrogen-bond acceptors (Lipinski definition) is 20. The smallest absolute Gasteiger partial charge is 0.335 e.